The highest BCUT2D eigenvalue weighted by atomic mass is 16.5. The van der Waals surface area contributed by atoms with E-state index in [1.54, 1.807) is 0 Å². The van der Waals surface area contributed by atoms with Crippen molar-refractivity contribution < 1.29 is 4.74 Å². The Labute approximate surface area is 107 Å². The van der Waals surface area contributed by atoms with E-state index in [4.69, 9.17) is 10.6 Å². The second-order valence-electron chi connectivity index (χ2n) is 5.29. The summed E-state index contributed by atoms with van der Waals surface area (Å²) in [7, 11) is 0. The van der Waals surface area contributed by atoms with Crippen molar-refractivity contribution in [2.24, 2.45) is 5.84 Å². The highest BCUT2D eigenvalue weighted by molar-refractivity contribution is 5.38. The molecule has 0 radical (unpaired) electrons. The Balaban J connectivity index is 2.26. The molecule has 0 spiro atoms. The lowest BCUT2D eigenvalue weighted by Gasteiger charge is -2.21. The lowest BCUT2D eigenvalue weighted by Crippen LogP contribution is -2.27. The first-order chi connectivity index (χ1) is 8.48. The van der Waals surface area contributed by atoms with Crippen LogP contribution in [0.15, 0.2) is 0 Å². The number of anilines is 2. The summed E-state index contributed by atoms with van der Waals surface area (Å²) in [5.41, 5.74) is 2.10. The minimum Gasteiger partial charge on any atom is -0.458 e. The van der Waals surface area contributed by atoms with Gasteiger partial charge in [-0.2, -0.15) is 15.0 Å². The molecule has 1 fully saturated rings. The van der Waals surface area contributed by atoms with Gasteiger partial charge in [-0.25, -0.2) is 5.84 Å². The summed E-state index contributed by atoms with van der Waals surface area (Å²) in [5, 5.41) is 0. The van der Waals surface area contributed by atoms with Crippen LogP contribution < -0.4 is 20.9 Å². The van der Waals surface area contributed by atoms with E-state index in [9.17, 15) is 0 Å². The van der Waals surface area contributed by atoms with Crippen LogP contribution in [0.2, 0.25) is 0 Å². The number of aromatic nitrogens is 3. The average Bonchev–Trinajstić information content (AvgIpc) is 2.79. The van der Waals surface area contributed by atoms with Crippen molar-refractivity contribution >= 4 is 11.9 Å². The molecule has 0 aliphatic carbocycles. The molecule has 1 aliphatic heterocycles. The third kappa shape index (κ3) is 3.19. The zero-order valence-electron chi connectivity index (χ0n) is 11.1. The van der Waals surface area contributed by atoms with Gasteiger partial charge in [0.2, 0.25) is 11.9 Å². The molecule has 0 bridgehead atoms. The number of nitrogens with one attached hydrogen (secondary N) is 1. The van der Waals surface area contributed by atoms with Gasteiger partial charge in [-0.15, -0.1) is 0 Å². The van der Waals surface area contributed by atoms with Gasteiger partial charge in [0, 0.05) is 13.1 Å². The fourth-order valence-corrected chi connectivity index (χ4v) is 1.79. The number of rotatable bonds is 3. The zero-order valence-corrected chi connectivity index (χ0v) is 11.1. The monoisotopic (exact) mass is 252 g/mol. The van der Waals surface area contributed by atoms with Crippen LogP contribution in [0.1, 0.15) is 33.6 Å². The Morgan fingerprint density at radius 3 is 2.39 bits per heavy atom. The summed E-state index contributed by atoms with van der Waals surface area (Å²) >= 11 is 0. The normalized spacial score (nSPS) is 15.9. The SMILES string of the molecule is CC(C)(C)Oc1nc(NN)nc(N2CCCC2)n1. The molecule has 18 heavy (non-hydrogen) atoms. The Morgan fingerprint density at radius 2 is 1.83 bits per heavy atom. The van der Waals surface area contributed by atoms with Crippen LogP contribution in [0.3, 0.4) is 0 Å². The van der Waals surface area contributed by atoms with E-state index in [-0.39, 0.29) is 5.60 Å². The van der Waals surface area contributed by atoms with E-state index in [0.717, 1.165) is 25.9 Å². The molecule has 2 rings (SSSR count). The molecule has 0 saturated carbocycles. The third-order valence-electron chi connectivity index (χ3n) is 2.52. The molecule has 1 aliphatic rings. The number of nitrogen functional groups attached to an aromatic ring is 1. The van der Waals surface area contributed by atoms with Gasteiger partial charge in [0.05, 0.1) is 0 Å². The Hall–Kier alpha value is -1.63. The van der Waals surface area contributed by atoms with E-state index in [1.165, 1.54) is 0 Å². The van der Waals surface area contributed by atoms with Crippen LogP contribution in [0.25, 0.3) is 0 Å². The molecule has 2 heterocycles. The van der Waals surface area contributed by atoms with Crippen molar-refractivity contribution in [2.75, 3.05) is 23.4 Å². The molecule has 0 unspecified atom stereocenters. The molecular formula is C11H20N6O. The topological polar surface area (TPSA) is 89.2 Å². The predicted octanol–water partition coefficient (Wildman–Crippen LogP) is 0.935. The molecule has 0 atom stereocenters. The molecule has 3 N–H and O–H groups in total. The quantitative estimate of drug-likeness (QED) is 0.611. The second kappa shape index (κ2) is 4.93. The largest absolute Gasteiger partial charge is 0.458 e. The first-order valence-electron chi connectivity index (χ1n) is 6.14. The highest BCUT2D eigenvalue weighted by Crippen LogP contribution is 2.21. The molecule has 1 aromatic rings. The average molecular weight is 252 g/mol. The Kier molecular flexibility index (Phi) is 3.51. The van der Waals surface area contributed by atoms with Gasteiger partial charge in [-0.3, -0.25) is 5.43 Å². The molecule has 1 saturated heterocycles. The van der Waals surface area contributed by atoms with Crippen LogP contribution in [0.4, 0.5) is 11.9 Å². The minimum atomic E-state index is -0.352. The van der Waals surface area contributed by atoms with Crippen molar-refractivity contribution in [1.82, 2.24) is 15.0 Å². The maximum Gasteiger partial charge on any atom is 0.323 e. The number of hydrogen-bond acceptors (Lipinski definition) is 7. The molecule has 7 nitrogen and oxygen atoms in total. The van der Waals surface area contributed by atoms with Crippen molar-refractivity contribution in [3.63, 3.8) is 0 Å². The van der Waals surface area contributed by atoms with Gasteiger partial charge < -0.3 is 9.64 Å². The van der Waals surface area contributed by atoms with Gasteiger partial charge in [-0.05, 0) is 33.6 Å². The van der Waals surface area contributed by atoms with Crippen molar-refractivity contribution in [3.8, 4) is 6.01 Å². The van der Waals surface area contributed by atoms with Crippen LogP contribution in [0, 0.1) is 0 Å². The summed E-state index contributed by atoms with van der Waals surface area (Å²) in [4.78, 5) is 14.8. The van der Waals surface area contributed by atoms with E-state index in [1.807, 2.05) is 20.8 Å². The molecule has 0 amide bonds. The lowest BCUT2D eigenvalue weighted by molar-refractivity contribution is 0.117. The molecule has 0 aromatic carbocycles. The summed E-state index contributed by atoms with van der Waals surface area (Å²) in [6, 6.07) is 0.298. The van der Waals surface area contributed by atoms with Gasteiger partial charge in [-0.1, -0.05) is 0 Å². The van der Waals surface area contributed by atoms with Gasteiger partial charge in [0.15, 0.2) is 0 Å². The smallest absolute Gasteiger partial charge is 0.323 e. The van der Waals surface area contributed by atoms with Crippen molar-refractivity contribution in [1.29, 1.82) is 0 Å². The maximum atomic E-state index is 5.66. The standard InChI is InChI=1S/C11H20N6O/c1-11(2,3)18-10-14-8(16-12)13-9(15-10)17-6-4-5-7-17/h4-7,12H2,1-3H3,(H,13,14,15,16). The minimum absolute atomic E-state index is 0.298. The van der Waals surface area contributed by atoms with Crippen LogP contribution in [0.5, 0.6) is 6.01 Å². The first kappa shape index (κ1) is 12.8. The molecule has 1 aromatic heterocycles. The number of nitrogens with two attached hydrogens (primary N) is 1. The van der Waals surface area contributed by atoms with E-state index in [0.29, 0.717) is 17.9 Å². The van der Waals surface area contributed by atoms with Crippen LogP contribution >= 0.6 is 0 Å². The number of nitrogens with zero attached hydrogens (tertiary/aromatic N) is 4. The zero-order chi connectivity index (χ0) is 13.2. The fourth-order valence-electron chi connectivity index (χ4n) is 1.79. The molecular weight excluding hydrogens is 232 g/mol. The maximum absolute atomic E-state index is 5.66. The molecule has 7 heteroatoms. The van der Waals surface area contributed by atoms with E-state index >= 15 is 0 Å². The molecule has 100 valence electrons. The lowest BCUT2D eigenvalue weighted by atomic mass is 10.2. The van der Waals surface area contributed by atoms with Crippen LogP contribution in [-0.4, -0.2) is 33.6 Å². The summed E-state index contributed by atoms with van der Waals surface area (Å²) in [6.45, 7) is 7.76. The predicted molar refractivity (Wildman–Crippen MR) is 69.5 cm³/mol. The highest BCUT2D eigenvalue weighted by Gasteiger charge is 2.20. The van der Waals surface area contributed by atoms with Crippen molar-refractivity contribution in [2.45, 2.75) is 39.2 Å². The fraction of sp³-hybridized carbons (Fsp3) is 0.727. The van der Waals surface area contributed by atoms with Gasteiger partial charge in [0.1, 0.15) is 5.60 Å². The van der Waals surface area contributed by atoms with E-state index < -0.39 is 0 Å². The summed E-state index contributed by atoms with van der Waals surface area (Å²) in [5.74, 6) is 6.32. The van der Waals surface area contributed by atoms with Gasteiger partial charge in [0.25, 0.3) is 0 Å². The van der Waals surface area contributed by atoms with Gasteiger partial charge >= 0.3 is 6.01 Å². The third-order valence-corrected chi connectivity index (χ3v) is 2.52. The first-order valence-corrected chi connectivity index (χ1v) is 6.14. The summed E-state index contributed by atoms with van der Waals surface area (Å²) < 4.78 is 5.66. The number of hydrogen-bond donors (Lipinski definition) is 2. The Bertz CT molecular complexity index is 410. The Morgan fingerprint density at radius 1 is 1.17 bits per heavy atom. The van der Waals surface area contributed by atoms with Crippen LogP contribution in [-0.2, 0) is 0 Å². The number of hydrazine groups is 1. The second-order valence-corrected chi connectivity index (χ2v) is 5.29. The number of ether oxygens (including phenoxy) is 1. The summed E-state index contributed by atoms with van der Waals surface area (Å²) in [6.07, 6.45) is 2.32. The van der Waals surface area contributed by atoms with Crippen molar-refractivity contribution in [3.05, 3.63) is 0 Å². The van der Waals surface area contributed by atoms with E-state index in [2.05, 4.69) is 25.3 Å².